The molecule has 0 aromatic carbocycles. The predicted octanol–water partition coefficient (Wildman–Crippen LogP) is 1.11. The molecule has 0 radical (unpaired) electrons. The number of carboxylic acid groups (broad SMARTS) is 1. The molecule has 1 aliphatic heterocycles. The topological polar surface area (TPSA) is 66.8 Å². The Bertz CT molecular complexity index is 334. The first-order valence-electron chi connectivity index (χ1n) is 5.33. The van der Waals surface area contributed by atoms with Crippen molar-refractivity contribution >= 4 is 40.2 Å². The fourth-order valence-corrected chi connectivity index (χ4v) is 3.27. The molecule has 1 fully saturated rings. The Morgan fingerprint density at radius 2 is 2.24 bits per heavy atom. The van der Waals surface area contributed by atoms with Gasteiger partial charge in [0, 0.05) is 6.54 Å². The van der Waals surface area contributed by atoms with Crippen LogP contribution in [0.4, 0.5) is 0 Å². The SMILES string of the molecule is CCOC(=O)C1SC(=S)N(CCC(=O)O)C1C. The fourth-order valence-electron chi connectivity index (χ4n) is 1.58. The Labute approximate surface area is 109 Å². The van der Waals surface area contributed by atoms with E-state index in [0.29, 0.717) is 17.5 Å². The second kappa shape index (κ2) is 6.20. The molecular weight excluding hydrogens is 262 g/mol. The average Bonchev–Trinajstić information content (AvgIpc) is 2.52. The number of hydrogen-bond acceptors (Lipinski definition) is 5. The van der Waals surface area contributed by atoms with Crippen LogP contribution in [0.2, 0.25) is 0 Å². The van der Waals surface area contributed by atoms with Gasteiger partial charge in [-0.25, -0.2) is 0 Å². The van der Waals surface area contributed by atoms with Crippen LogP contribution in [-0.4, -0.2) is 50.7 Å². The predicted molar refractivity (Wildman–Crippen MR) is 69.0 cm³/mol. The highest BCUT2D eigenvalue weighted by molar-refractivity contribution is 8.24. The van der Waals surface area contributed by atoms with Crippen LogP contribution in [-0.2, 0) is 14.3 Å². The normalized spacial score (nSPS) is 23.9. The number of thioether (sulfide) groups is 1. The third-order valence-corrected chi connectivity index (χ3v) is 4.28. The molecule has 0 aliphatic carbocycles. The van der Waals surface area contributed by atoms with Gasteiger partial charge in [-0.1, -0.05) is 24.0 Å². The largest absolute Gasteiger partial charge is 0.481 e. The Kier molecular flexibility index (Phi) is 5.20. The van der Waals surface area contributed by atoms with Crippen LogP contribution in [0.15, 0.2) is 0 Å². The van der Waals surface area contributed by atoms with Gasteiger partial charge in [0.25, 0.3) is 0 Å². The number of carboxylic acids is 1. The van der Waals surface area contributed by atoms with E-state index in [1.807, 2.05) is 6.92 Å². The van der Waals surface area contributed by atoms with E-state index in [9.17, 15) is 9.59 Å². The number of carbonyl (C=O) groups is 2. The highest BCUT2D eigenvalue weighted by atomic mass is 32.2. The summed E-state index contributed by atoms with van der Waals surface area (Å²) in [5, 5.41) is 8.29. The number of hydrogen-bond donors (Lipinski definition) is 1. The number of ether oxygens (including phenoxy) is 1. The van der Waals surface area contributed by atoms with Crippen molar-refractivity contribution in [3.8, 4) is 0 Å². The van der Waals surface area contributed by atoms with Gasteiger partial charge in [-0.15, -0.1) is 0 Å². The summed E-state index contributed by atoms with van der Waals surface area (Å²) in [5.41, 5.74) is 0. The molecule has 1 saturated heterocycles. The lowest BCUT2D eigenvalue weighted by molar-refractivity contribution is -0.143. The first kappa shape index (κ1) is 14.2. The fraction of sp³-hybridized carbons (Fsp3) is 0.700. The molecule has 96 valence electrons. The van der Waals surface area contributed by atoms with Crippen molar-refractivity contribution in [2.45, 2.75) is 31.6 Å². The standard InChI is InChI=1S/C10H15NO4S2/c1-3-15-9(14)8-6(2)11(10(16)17-8)5-4-7(12)13/h6,8H,3-5H2,1-2H3,(H,12,13). The Morgan fingerprint density at radius 3 is 2.76 bits per heavy atom. The molecule has 17 heavy (non-hydrogen) atoms. The second-order valence-electron chi connectivity index (χ2n) is 3.63. The van der Waals surface area contributed by atoms with E-state index in [1.165, 1.54) is 11.8 Å². The van der Waals surface area contributed by atoms with Gasteiger partial charge in [-0.2, -0.15) is 0 Å². The van der Waals surface area contributed by atoms with Crippen LogP contribution >= 0.6 is 24.0 Å². The van der Waals surface area contributed by atoms with E-state index in [4.69, 9.17) is 22.1 Å². The summed E-state index contributed by atoms with van der Waals surface area (Å²) in [6.07, 6.45) is 0.0145. The zero-order chi connectivity index (χ0) is 13.0. The molecule has 0 amide bonds. The molecule has 1 aliphatic rings. The number of aliphatic carboxylic acids is 1. The maximum Gasteiger partial charge on any atom is 0.321 e. The number of thiocarbonyl (C=S) groups is 1. The van der Waals surface area contributed by atoms with Crippen molar-refractivity contribution in [3.63, 3.8) is 0 Å². The maximum atomic E-state index is 11.6. The van der Waals surface area contributed by atoms with Gasteiger partial charge in [-0.05, 0) is 13.8 Å². The summed E-state index contributed by atoms with van der Waals surface area (Å²) in [4.78, 5) is 23.9. The van der Waals surface area contributed by atoms with Crippen molar-refractivity contribution < 1.29 is 19.4 Å². The molecule has 1 rings (SSSR count). The van der Waals surface area contributed by atoms with E-state index in [0.717, 1.165) is 0 Å². The van der Waals surface area contributed by atoms with Crippen LogP contribution in [0.5, 0.6) is 0 Å². The molecule has 2 atom stereocenters. The Morgan fingerprint density at radius 1 is 1.59 bits per heavy atom. The summed E-state index contributed by atoms with van der Waals surface area (Å²) in [5.74, 6) is -1.16. The van der Waals surface area contributed by atoms with Gasteiger partial charge in [0.1, 0.15) is 9.57 Å². The van der Waals surface area contributed by atoms with Crippen LogP contribution in [0.1, 0.15) is 20.3 Å². The Balaban J connectivity index is 2.61. The van der Waals surface area contributed by atoms with Crippen LogP contribution < -0.4 is 0 Å². The molecular formula is C10H15NO4S2. The van der Waals surface area contributed by atoms with Crippen molar-refractivity contribution in [2.75, 3.05) is 13.2 Å². The summed E-state index contributed by atoms with van der Waals surface area (Å²) < 4.78 is 5.52. The molecule has 2 unspecified atom stereocenters. The molecule has 0 aromatic rings. The molecule has 7 heteroatoms. The van der Waals surface area contributed by atoms with Gasteiger partial charge in [0.15, 0.2) is 0 Å². The minimum absolute atomic E-state index is 0.0145. The van der Waals surface area contributed by atoms with Crippen molar-refractivity contribution in [1.29, 1.82) is 0 Å². The van der Waals surface area contributed by atoms with Gasteiger partial charge in [0.05, 0.1) is 19.1 Å². The van der Waals surface area contributed by atoms with Crippen molar-refractivity contribution in [2.24, 2.45) is 0 Å². The van der Waals surface area contributed by atoms with Crippen LogP contribution in [0.25, 0.3) is 0 Å². The van der Waals surface area contributed by atoms with E-state index >= 15 is 0 Å². The molecule has 5 nitrogen and oxygen atoms in total. The number of carbonyl (C=O) groups excluding carboxylic acids is 1. The third kappa shape index (κ3) is 3.57. The highest BCUT2D eigenvalue weighted by Crippen LogP contribution is 2.32. The third-order valence-electron chi connectivity index (χ3n) is 2.48. The number of rotatable bonds is 5. The zero-order valence-corrected chi connectivity index (χ0v) is 11.3. The first-order valence-corrected chi connectivity index (χ1v) is 6.61. The second-order valence-corrected chi connectivity index (χ2v) is 5.41. The van der Waals surface area contributed by atoms with E-state index in [1.54, 1.807) is 11.8 Å². The van der Waals surface area contributed by atoms with Gasteiger partial charge in [-0.3, -0.25) is 9.59 Å². The lowest BCUT2D eigenvalue weighted by atomic mass is 10.2. The Hall–Kier alpha value is -0.820. The number of esters is 1. The van der Waals surface area contributed by atoms with Crippen LogP contribution in [0.3, 0.4) is 0 Å². The molecule has 0 bridgehead atoms. The lowest BCUT2D eigenvalue weighted by Crippen LogP contribution is -2.38. The first-order chi connectivity index (χ1) is 7.97. The van der Waals surface area contributed by atoms with Gasteiger partial charge >= 0.3 is 11.9 Å². The molecule has 1 heterocycles. The average molecular weight is 277 g/mol. The number of nitrogens with zero attached hydrogens (tertiary/aromatic N) is 1. The smallest absolute Gasteiger partial charge is 0.321 e. The molecule has 1 N–H and O–H groups in total. The summed E-state index contributed by atoms with van der Waals surface area (Å²) >= 11 is 6.41. The zero-order valence-electron chi connectivity index (χ0n) is 9.71. The summed E-state index contributed by atoms with van der Waals surface area (Å²) in [7, 11) is 0. The maximum absolute atomic E-state index is 11.6. The van der Waals surface area contributed by atoms with E-state index in [2.05, 4.69) is 0 Å². The highest BCUT2D eigenvalue weighted by Gasteiger charge is 2.40. The van der Waals surface area contributed by atoms with Crippen LogP contribution in [0, 0.1) is 0 Å². The monoisotopic (exact) mass is 277 g/mol. The molecule has 0 saturated carbocycles. The molecule has 0 aromatic heterocycles. The van der Waals surface area contributed by atoms with Crippen molar-refractivity contribution in [3.05, 3.63) is 0 Å². The summed E-state index contributed by atoms with van der Waals surface area (Å²) in [6.45, 7) is 4.28. The van der Waals surface area contributed by atoms with E-state index < -0.39 is 5.97 Å². The summed E-state index contributed by atoms with van der Waals surface area (Å²) in [6, 6.07) is -0.120. The lowest BCUT2D eigenvalue weighted by Gasteiger charge is -2.23. The van der Waals surface area contributed by atoms with Gasteiger partial charge < -0.3 is 14.7 Å². The quantitative estimate of drug-likeness (QED) is 0.596. The molecule has 0 spiro atoms. The van der Waals surface area contributed by atoms with Crippen molar-refractivity contribution in [1.82, 2.24) is 4.90 Å². The van der Waals surface area contributed by atoms with E-state index in [-0.39, 0.29) is 23.7 Å². The minimum Gasteiger partial charge on any atom is -0.481 e. The van der Waals surface area contributed by atoms with Gasteiger partial charge in [0.2, 0.25) is 0 Å². The minimum atomic E-state index is -0.871.